The lowest BCUT2D eigenvalue weighted by atomic mass is 10.2. The van der Waals surface area contributed by atoms with E-state index in [1.807, 2.05) is 0 Å². The highest BCUT2D eigenvalue weighted by Crippen LogP contribution is 2.14. The zero-order valence-corrected chi connectivity index (χ0v) is 8.91. The molecule has 6 heteroatoms. The molecule has 0 saturated heterocycles. The Kier molecular flexibility index (Phi) is 3.43. The molecule has 0 radical (unpaired) electrons. The first-order valence-corrected chi connectivity index (χ1v) is 5.75. The summed E-state index contributed by atoms with van der Waals surface area (Å²) in [4.78, 5) is 11.0. The van der Waals surface area contributed by atoms with E-state index in [1.165, 1.54) is 24.3 Å². The average molecular weight is 229 g/mol. The van der Waals surface area contributed by atoms with Crippen molar-refractivity contribution in [3.05, 3.63) is 29.8 Å². The molecule has 82 valence electrons. The fourth-order valence-electron chi connectivity index (χ4n) is 1.13. The van der Waals surface area contributed by atoms with E-state index in [9.17, 15) is 13.2 Å². The molecule has 1 amide bonds. The summed E-state index contributed by atoms with van der Waals surface area (Å²) < 4.78 is 30.8. The summed E-state index contributed by atoms with van der Waals surface area (Å²) in [5.41, 5.74) is -0.0538. The molecule has 0 spiro atoms. The molecule has 0 heterocycles. The van der Waals surface area contributed by atoms with Crippen LogP contribution in [0.4, 0.5) is 0 Å². The Bertz CT molecular complexity index is 467. The number of rotatable bonds is 3. The van der Waals surface area contributed by atoms with E-state index in [0.717, 1.165) is 0 Å². The van der Waals surface area contributed by atoms with Crippen molar-refractivity contribution in [3.63, 3.8) is 0 Å². The Labute approximate surface area is 87.9 Å². The topological polar surface area (TPSA) is 83.5 Å². The monoisotopic (exact) mass is 229 g/mol. The van der Waals surface area contributed by atoms with Gasteiger partial charge in [0.2, 0.25) is 0 Å². The molecule has 0 atom stereocenters. The predicted molar refractivity (Wildman–Crippen MR) is 54.3 cm³/mol. The van der Waals surface area contributed by atoms with Crippen molar-refractivity contribution in [3.8, 4) is 0 Å². The van der Waals surface area contributed by atoms with Crippen LogP contribution in [-0.2, 0) is 10.1 Å². The molecular weight excluding hydrogens is 218 g/mol. The zero-order valence-electron chi connectivity index (χ0n) is 8.10. The molecule has 2 N–H and O–H groups in total. The fourth-order valence-corrected chi connectivity index (χ4v) is 1.82. The molecule has 0 aliphatic heterocycles. The summed E-state index contributed by atoms with van der Waals surface area (Å²) in [5.74, 6) is -0.522. The van der Waals surface area contributed by atoms with Crippen molar-refractivity contribution < 1.29 is 17.8 Å². The van der Waals surface area contributed by atoms with E-state index < -0.39 is 16.0 Å². The van der Waals surface area contributed by atoms with Gasteiger partial charge in [-0.3, -0.25) is 9.35 Å². The van der Waals surface area contributed by atoms with Crippen molar-refractivity contribution in [1.82, 2.24) is 5.32 Å². The van der Waals surface area contributed by atoms with Gasteiger partial charge in [-0.2, -0.15) is 8.42 Å². The first-order valence-electron chi connectivity index (χ1n) is 4.31. The molecule has 0 saturated carbocycles. The highest BCUT2D eigenvalue weighted by Gasteiger charge is 2.18. The first-order chi connectivity index (χ1) is 6.96. The average Bonchev–Trinajstić information content (AvgIpc) is 2.17. The maximum absolute atomic E-state index is 11.4. The van der Waals surface area contributed by atoms with Crippen LogP contribution in [0.1, 0.15) is 17.3 Å². The smallest absolute Gasteiger partial charge is 0.295 e. The van der Waals surface area contributed by atoms with Gasteiger partial charge in [-0.25, -0.2) is 0 Å². The maximum Gasteiger partial charge on any atom is 0.295 e. The van der Waals surface area contributed by atoms with Crippen LogP contribution >= 0.6 is 0 Å². The van der Waals surface area contributed by atoms with Crippen molar-refractivity contribution in [1.29, 1.82) is 0 Å². The number of carbonyl (C=O) groups is 1. The third-order valence-electron chi connectivity index (χ3n) is 1.75. The zero-order chi connectivity index (χ0) is 11.5. The second-order valence-corrected chi connectivity index (χ2v) is 4.22. The number of carbonyl (C=O) groups excluding carboxylic acids is 1. The van der Waals surface area contributed by atoms with Crippen LogP contribution in [0, 0.1) is 0 Å². The van der Waals surface area contributed by atoms with E-state index >= 15 is 0 Å². The van der Waals surface area contributed by atoms with E-state index in [2.05, 4.69) is 5.32 Å². The van der Waals surface area contributed by atoms with Crippen LogP contribution in [0.25, 0.3) is 0 Å². The minimum atomic E-state index is -4.36. The Morgan fingerprint density at radius 2 is 2.00 bits per heavy atom. The van der Waals surface area contributed by atoms with E-state index in [-0.39, 0.29) is 10.5 Å². The summed E-state index contributed by atoms with van der Waals surface area (Å²) in [7, 11) is -4.36. The van der Waals surface area contributed by atoms with Crippen molar-refractivity contribution in [2.75, 3.05) is 6.54 Å². The van der Waals surface area contributed by atoms with E-state index in [0.29, 0.717) is 6.54 Å². The van der Waals surface area contributed by atoms with Crippen LogP contribution in [0.5, 0.6) is 0 Å². The molecular formula is C9H11NO4S. The van der Waals surface area contributed by atoms with Crippen LogP contribution in [0.15, 0.2) is 29.2 Å². The van der Waals surface area contributed by atoms with Crippen LogP contribution in [0.3, 0.4) is 0 Å². The van der Waals surface area contributed by atoms with Gasteiger partial charge < -0.3 is 5.32 Å². The Morgan fingerprint density at radius 1 is 1.40 bits per heavy atom. The first kappa shape index (κ1) is 11.7. The predicted octanol–water partition coefficient (Wildman–Crippen LogP) is 0.683. The Balaban J connectivity index is 3.25. The lowest BCUT2D eigenvalue weighted by molar-refractivity contribution is 0.0952. The molecule has 0 unspecified atom stereocenters. The van der Waals surface area contributed by atoms with Crippen LogP contribution in [-0.4, -0.2) is 25.4 Å². The quantitative estimate of drug-likeness (QED) is 0.747. The highest BCUT2D eigenvalue weighted by molar-refractivity contribution is 7.86. The SMILES string of the molecule is CCNC(=O)c1ccccc1S(=O)(=O)O. The molecule has 0 bridgehead atoms. The molecule has 5 nitrogen and oxygen atoms in total. The number of hydrogen-bond donors (Lipinski definition) is 2. The second kappa shape index (κ2) is 4.41. The maximum atomic E-state index is 11.4. The number of hydrogen-bond acceptors (Lipinski definition) is 3. The Hall–Kier alpha value is -1.40. The van der Waals surface area contributed by atoms with Gasteiger partial charge in [0.15, 0.2) is 0 Å². The number of benzene rings is 1. The van der Waals surface area contributed by atoms with Crippen molar-refractivity contribution >= 4 is 16.0 Å². The van der Waals surface area contributed by atoms with Crippen LogP contribution in [0.2, 0.25) is 0 Å². The summed E-state index contributed by atoms with van der Waals surface area (Å²) in [5, 5.41) is 2.46. The normalized spacial score (nSPS) is 11.1. The third-order valence-corrected chi connectivity index (χ3v) is 2.66. The molecule has 0 aliphatic carbocycles. The van der Waals surface area contributed by atoms with Gasteiger partial charge in [-0.05, 0) is 19.1 Å². The molecule has 1 rings (SSSR count). The standard InChI is InChI=1S/C9H11NO4S/c1-2-10-9(11)7-5-3-4-6-8(7)15(12,13)14/h3-6H,2H2,1H3,(H,10,11)(H,12,13,14). The molecule has 15 heavy (non-hydrogen) atoms. The number of nitrogens with one attached hydrogen (secondary N) is 1. The summed E-state index contributed by atoms with van der Waals surface area (Å²) in [6.07, 6.45) is 0. The summed E-state index contributed by atoms with van der Waals surface area (Å²) >= 11 is 0. The minimum absolute atomic E-state index is 0.0538. The molecule has 0 fully saturated rings. The fraction of sp³-hybridized carbons (Fsp3) is 0.222. The molecule has 0 aliphatic rings. The lowest BCUT2D eigenvalue weighted by Crippen LogP contribution is -2.24. The van der Waals surface area contributed by atoms with Gasteiger partial charge >= 0.3 is 0 Å². The number of amides is 1. The van der Waals surface area contributed by atoms with Gasteiger partial charge in [-0.15, -0.1) is 0 Å². The molecule has 1 aromatic rings. The molecule has 0 aromatic heterocycles. The second-order valence-electron chi connectivity index (χ2n) is 2.83. The van der Waals surface area contributed by atoms with Crippen molar-refractivity contribution in [2.24, 2.45) is 0 Å². The minimum Gasteiger partial charge on any atom is -0.352 e. The third kappa shape index (κ3) is 2.77. The largest absolute Gasteiger partial charge is 0.352 e. The van der Waals surface area contributed by atoms with Gasteiger partial charge in [-0.1, -0.05) is 12.1 Å². The Morgan fingerprint density at radius 3 is 2.53 bits per heavy atom. The highest BCUT2D eigenvalue weighted by atomic mass is 32.2. The summed E-state index contributed by atoms with van der Waals surface area (Å²) in [6.45, 7) is 2.10. The van der Waals surface area contributed by atoms with E-state index in [1.54, 1.807) is 6.92 Å². The van der Waals surface area contributed by atoms with Crippen LogP contribution < -0.4 is 5.32 Å². The van der Waals surface area contributed by atoms with Gasteiger partial charge in [0, 0.05) is 6.54 Å². The van der Waals surface area contributed by atoms with Gasteiger partial charge in [0.05, 0.1) is 5.56 Å². The summed E-state index contributed by atoms with van der Waals surface area (Å²) in [6, 6.07) is 5.49. The van der Waals surface area contributed by atoms with Gasteiger partial charge in [0.1, 0.15) is 4.90 Å². The molecule has 1 aromatic carbocycles. The van der Waals surface area contributed by atoms with Crippen molar-refractivity contribution in [2.45, 2.75) is 11.8 Å². The van der Waals surface area contributed by atoms with E-state index in [4.69, 9.17) is 4.55 Å². The lowest BCUT2D eigenvalue weighted by Gasteiger charge is -2.05. The van der Waals surface area contributed by atoms with Gasteiger partial charge in [0.25, 0.3) is 16.0 Å².